The lowest BCUT2D eigenvalue weighted by Gasteiger charge is -2.35. The van der Waals surface area contributed by atoms with E-state index in [0.717, 1.165) is 6.07 Å². The molecule has 1 atom stereocenters. The number of hydrogen-bond acceptors (Lipinski definition) is 5. The van der Waals surface area contributed by atoms with Crippen molar-refractivity contribution in [1.82, 2.24) is 5.32 Å². The predicted octanol–water partition coefficient (Wildman–Crippen LogP) is 4.01. The van der Waals surface area contributed by atoms with Crippen LogP contribution in [0.15, 0.2) is 48.5 Å². The van der Waals surface area contributed by atoms with Gasteiger partial charge in [0.15, 0.2) is 0 Å². The van der Waals surface area contributed by atoms with Crippen LogP contribution in [0.3, 0.4) is 0 Å². The fourth-order valence-electron chi connectivity index (χ4n) is 2.44. The molecule has 29 heavy (non-hydrogen) atoms. The van der Waals surface area contributed by atoms with Gasteiger partial charge in [-0.05, 0) is 37.3 Å². The molecule has 2 N–H and O–H groups in total. The Hall–Kier alpha value is -2.94. The summed E-state index contributed by atoms with van der Waals surface area (Å²) in [5, 5.41) is 3.87. The molecule has 0 saturated heterocycles. The van der Waals surface area contributed by atoms with E-state index in [-0.39, 0.29) is 28.6 Å². The van der Waals surface area contributed by atoms with Crippen LogP contribution in [0.5, 0.6) is 5.75 Å². The molecule has 0 aromatic heterocycles. The van der Waals surface area contributed by atoms with Crippen molar-refractivity contribution in [3.05, 3.63) is 59.1 Å². The highest BCUT2D eigenvalue weighted by Crippen LogP contribution is 2.37. The van der Waals surface area contributed by atoms with E-state index in [2.05, 4.69) is 4.74 Å². The lowest BCUT2D eigenvalue weighted by molar-refractivity contribution is -0.204. The standard InChI is InChI=1S/C19H18ClF3N2O4/c1-3-29-17(27)18(19(21,22)23,25-16(26)12-7-5-4-6-8-12)24-14-11-13(20)9-10-15(14)28-2/h4-11,24H,3H2,1-2H3,(H,25,26). The monoisotopic (exact) mass is 430 g/mol. The maximum Gasteiger partial charge on any atom is 0.441 e. The number of carbonyl (C=O) groups is 2. The zero-order valence-corrected chi connectivity index (χ0v) is 16.2. The van der Waals surface area contributed by atoms with Crippen LogP contribution in [0.25, 0.3) is 0 Å². The molecule has 0 bridgehead atoms. The number of nitrogens with one attached hydrogen (secondary N) is 2. The molecule has 2 aromatic rings. The normalized spacial score (nSPS) is 13.2. The molecular weight excluding hydrogens is 413 g/mol. The summed E-state index contributed by atoms with van der Waals surface area (Å²) in [5.74, 6) is -2.90. The predicted molar refractivity (Wildman–Crippen MR) is 101 cm³/mol. The first-order valence-electron chi connectivity index (χ1n) is 8.38. The van der Waals surface area contributed by atoms with Crippen LogP contribution >= 0.6 is 11.6 Å². The average molecular weight is 431 g/mol. The number of methoxy groups -OCH3 is 1. The summed E-state index contributed by atoms with van der Waals surface area (Å²) in [6, 6.07) is 11.0. The van der Waals surface area contributed by atoms with Crippen molar-refractivity contribution in [3.63, 3.8) is 0 Å². The number of carbonyl (C=O) groups excluding carboxylic acids is 2. The minimum absolute atomic E-state index is 0.0266. The van der Waals surface area contributed by atoms with Gasteiger partial charge in [0, 0.05) is 10.6 Å². The first kappa shape index (κ1) is 22.4. The molecular formula is C19H18ClF3N2O4. The summed E-state index contributed by atoms with van der Waals surface area (Å²) in [6.45, 7) is 1.00. The lowest BCUT2D eigenvalue weighted by Crippen LogP contribution is -2.69. The van der Waals surface area contributed by atoms with E-state index in [1.807, 2.05) is 5.32 Å². The highest BCUT2D eigenvalue weighted by Gasteiger charge is 2.64. The maximum absolute atomic E-state index is 14.2. The van der Waals surface area contributed by atoms with Crippen molar-refractivity contribution in [3.8, 4) is 5.75 Å². The Morgan fingerprint density at radius 3 is 2.31 bits per heavy atom. The molecule has 1 unspecified atom stereocenters. The second-order valence-corrected chi connectivity index (χ2v) is 6.19. The number of halogens is 4. The summed E-state index contributed by atoms with van der Waals surface area (Å²) in [4.78, 5) is 25.0. The molecule has 156 valence electrons. The minimum atomic E-state index is -5.28. The molecule has 1 amide bonds. The van der Waals surface area contributed by atoms with Crippen molar-refractivity contribution >= 4 is 29.2 Å². The Morgan fingerprint density at radius 1 is 1.10 bits per heavy atom. The second kappa shape index (κ2) is 9.04. The van der Waals surface area contributed by atoms with Crippen LogP contribution in [0.4, 0.5) is 18.9 Å². The zero-order valence-electron chi connectivity index (χ0n) is 15.5. The van der Waals surface area contributed by atoms with E-state index in [9.17, 15) is 22.8 Å². The quantitative estimate of drug-likeness (QED) is 0.512. The third-order valence-corrected chi connectivity index (χ3v) is 4.06. The number of esters is 1. The highest BCUT2D eigenvalue weighted by atomic mass is 35.5. The van der Waals surface area contributed by atoms with Crippen LogP contribution in [0.2, 0.25) is 5.02 Å². The first-order chi connectivity index (χ1) is 13.6. The summed E-state index contributed by atoms with van der Waals surface area (Å²) >= 11 is 5.88. The Morgan fingerprint density at radius 2 is 1.76 bits per heavy atom. The van der Waals surface area contributed by atoms with Gasteiger partial charge in [-0.25, -0.2) is 4.79 Å². The Bertz CT molecular complexity index is 878. The van der Waals surface area contributed by atoms with Gasteiger partial charge in [-0.1, -0.05) is 29.8 Å². The van der Waals surface area contributed by atoms with Gasteiger partial charge in [0.25, 0.3) is 5.91 Å². The summed E-state index contributed by atoms with van der Waals surface area (Å²) in [7, 11) is 1.23. The molecule has 0 radical (unpaired) electrons. The van der Waals surface area contributed by atoms with E-state index < -0.39 is 23.7 Å². The van der Waals surface area contributed by atoms with E-state index in [4.69, 9.17) is 16.3 Å². The maximum atomic E-state index is 14.2. The van der Waals surface area contributed by atoms with Crippen molar-refractivity contribution in [2.24, 2.45) is 0 Å². The van der Waals surface area contributed by atoms with Gasteiger partial charge in [0.05, 0.1) is 19.4 Å². The second-order valence-electron chi connectivity index (χ2n) is 5.76. The summed E-state index contributed by atoms with van der Waals surface area (Å²) < 4.78 is 52.3. The van der Waals surface area contributed by atoms with Gasteiger partial charge in [0.2, 0.25) is 0 Å². The molecule has 2 aromatic carbocycles. The fourth-order valence-corrected chi connectivity index (χ4v) is 2.61. The minimum Gasteiger partial charge on any atom is -0.495 e. The van der Waals surface area contributed by atoms with Crippen LogP contribution in [-0.2, 0) is 9.53 Å². The topological polar surface area (TPSA) is 76.7 Å². The van der Waals surface area contributed by atoms with E-state index in [1.165, 1.54) is 50.4 Å². The Labute approximate surface area is 169 Å². The number of alkyl halides is 3. The van der Waals surface area contributed by atoms with Gasteiger partial charge in [-0.3, -0.25) is 4.79 Å². The highest BCUT2D eigenvalue weighted by molar-refractivity contribution is 6.31. The molecule has 0 heterocycles. The van der Waals surface area contributed by atoms with E-state index in [0.29, 0.717) is 0 Å². The molecule has 0 aliphatic heterocycles. The molecule has 0 fully saturated rings. The van der Waals surface area contributed by atoms with Gasteiger partial charge < -0.3 is 20.1 Å². The molecule has 10 heteroatoms. The average Bonchev–Trinajstić information content (AvgIpc) is 2.67. The Balaban J connectivity index is 2.58. The number of anilines is 1. The zero-order chi connectivity index (χ0) is 21.7. The molecule has 0 saturated carbocycles. The molecule has 0 aliphatic carbocycles. The van der Waals surface area contributed by atoms with Gasteiger partial charge in [0.1, 0.15) is 5.75 Å². The smallest absolute Gasteiger partial charge is 0.441 e. The SMILES string of the molecule is CCOC(=O)C(NC(=O)c1ccccc1)(Nc1cc(Cl)ccc1OC)C(F)(F)F. The van der Waals surface area contributed by atoms with Crippen LogP contribution in [0.1, 0.15) is 17.3 Å². The fraction of sp³-hybridized carbons (Fsp3) is 0.263. The van der Waals surface area contributed by atoms with Gasteiger partial charge >= 0.3 is 17.8 Å². The number of rotatable bonds is 7. The summed E-state index contributed by atoms with van der Waals surface area (Å²) in [5.41, 5.74) is -3.93. The molecule has 0 aliphatic rings. The van der Waals surface area contributed by atoms with E-state index >= 15 is 0 Å². The van der Waals surface area contributed by atoms with Crippen molar-refractivity contribution in [1.29, 1.82) is 0 Å². The van der Waals surface area contributed by atoms with Crippen LogP contribution in [-0.4, -0.2) is 37.4 Å². The number of ether oxygens (including phenoxy) is 2. The van der Waals surface area contributed by atoms with E-state index in [1.54, 1.807) is 11.4 Å². The van der Waals surface area contributed by atoms with Crippen molar-refractivity contribution < 1.29 is 32.2 Å². The molecule has 2 rings (SSSR count). The van der Waals surface area contributed by atoms with Gasteiger partial charge in [-0.15, -0.1) is 0 Å². The Kier molecular flexibility index (Phi) is 6.97. The van der Waals surface area contributed by atoms with Crippen LogP contribution < -0.4 is 15.4 Å². The number of amides is 1. The van der Waals surface area contributed by atoms with Gasteiger partial charge in [-0.2, -0.15) is 13.2 Å². The molecule has 6 nitrogen and oxygen atoms in total. The number of hydrogen-bond donors (Lipinski definition) is 2. The number of benzene rings is 2. The van der Waals surface area contributed by atoms with Crippen molar-refractivity contribution in [2.45, 2.75) is 18.8 Å². The first-order valence-corrected chi connectivity index (χ1v) is 8.75. The van der Waals surface area contributed by atoms with Crippen molar-refractivity contribution in [2.75, 3.05) is 19.0 Å². The summed E-state index contributed by atoms with van der Waals surface area (Å²) in [6.07, 6.45) is -5.28. The molecule has 0 spiro atoms. The lowest BCUT2D eigenvalue weighted by atomic mass is 10.1. The third-order valence-electron chi connectivity index (χ3n) is 3.83. The largest absolute Gasteiger partial charge is 0.495 e. The third kappa shape index (κ3) is 4.92. The van der Waals surface area contributed by atoms with Crippen LogP contribution in [0, 0.1) is 0 Å².